The molecule has 3 heterocycles. The monoisotopic (exact) mass is 501 g/mol. The second kappa shape index (κ2) is 9.15. The van der Waals surface area contributed by atoms with E-state index in [1.165, 1.54) is 23.1 Å². The van der Waals surface area contributed by atoms with Crippen molar-refractivity contribution in [3.63, 3.8) is 0 Å². The minimum atomic E-state index is -2.94. The van der Waals surface area contributed by atoms with E-state index in [0.717, 1.165) is 6.42 Å². The minimum absolute atomic E-state index is 0.0444. The number of nitrogens with one attached hydrogen (secondary N) is 3. The summed E-state index contributed by atoms with van der Waals surface area (Å²) in [6, 6.07) is 5.49. The maximum Gasteiger partial charge on any atom is 0.271 e. The van der Waals surface area contributed by atoms with Gasteiger partial charge in [0.1, 0.15) is 23.6 Å². The third-order valence-electron chi connectivity index (χ3n) is 7.64. The van der Waals surface area contributed by atoms with E-state index in [1.54, 1.807) is 6.07 Å². The number of fused-ring (bicyclic) bond motifs is 2. The molecule has 5 rings (SSSR count). The van der Waals surface area contributed by atoms with E-state index in [0.29, 0.717) is 18.5 Å². The lowest BCUT2D eigenvalue weighted by atomic mass is 9.90. The van der Waals surface area contributed by atoms with Crippen LogP contribution in [0.2, 0.25) is 0 Å². The molecule has 5 atom stereocenters. The summed E-state index contributed by atoms with van der Waals surface area (Å²) in [6.45, 7) is 0.518. The molecule has 0 unspecified atom stereocenters. The number of rotatable bonds is 5. The Morgan fingerprint density at radius 1 is 1.31 bits per heavy atom. The van der Waals surface area contributed by atoms with E-state index in [9.17, 15) is 32.8 Å². The van der Waals surface area contributed by atoms with Crippen LogP contribution in [0.5, 0.6) is 0 Å². The normalized spacial score (nSPS) is 27.8. The van der Waals surface area contributed by atoms with Gasteiger partial charge in [-0.15, -0.1) is 0 Å². The maximum atomic E-state index is 14.2. The number of piperidine rings is 1. The number of aromatic nitrogens is 1. The predicted molar refractivity (Wildman–Crippen MR) is 122 cm³/mol. The van der Waals surface area contributed by atoms with Crippen LogP contribution in [-0.2, 0) is 9.59 Å². The van der Waals surface area contributed by atoms with Crippen molar-refractivity contribution in [2.75, 3.05) is 13.1 Å². The van der Waals surface area contributed by atoms with Crippen LogP contribution >= 0.6 is 0 Å². The van der Waals surface area contributed by atoms with Crippen molar-refractivity contribution in [2.45, 2.75) is 50.1 Å². The number of benzene rings is 1. The molecule has 11 heteroatoms. The topological polar surface area (TPSA) is 118 Å². The Hall–Kier alpha value is -3.55. The van der Waals surface area contributed by atoms with Crippen LogP contribution in [0.25, 0.3) is 10.9 Å². The Balaban J connectivity index is 1.39. The number of nitriles is 1. The van der Waals surface area contributed by atoms with Gasteiger partial charge in [-0.25, -0.2) is 13.2 Å². The largest absolute Gasteiger partial charge is 0.356 e. The SMILES string of the molecule is N#C[C@H](C[C@@H]1CCCNC1=O)NC(=O)[C@H]1[C@@H]2CC(F)(F)C[C@@H]2CN1C(=O)c1cc2c(F)cccc2[nH]1. The van der Waals surface area contributed by atoms with Crippen molar-refractivity contribution in [3.8, 4) is 6.07 Å². The molecule has 2 aromatic rings. The molecule has 0 bridgehead atoms. The van der Waals surface area contributed by atoms with Gasteiger partial charge in [0.25, 0.3) is 5.91 Å². The van der Waals surface area contributed by atoms with Gasteiger partial charge in [-0.2, -0.15) is 5.26 Å². The molecular formula is C25H26F3N5O3. The van der Waals surface area contributed by atoms with Gasteiger partial charge in [-0.05, 0) is 49.3 Å². The van der Waals surface area contributed by atoms with E-state index in [1.807, 2.05) is 6.07 Å². The molecule has 3 amide bonds. The van der Waals surface area contributed by atoms with Gasteiger partial charge in [0.05, 0.1) is 6.07 Å². The Labute approximate surface area is 205 Å². The summed E-state index contributed by atoms with van der Waals surface area (Å²) in [7, 11) is 0. The molecular weight excluding hydrogens is 475 g/mol. The quantitative estimate of drug-likeness (QED) is 0.584. The van der Waals surface area contributed by atoms with Crippen molar-refractivity contribution in [1.29, 1.82) is 5.26 Å². The first-order valence-corrected chi connectivity index (χ1v) is 12.1. The highest BCUT2D eigenvalue weighted by atomic mass is 19.3. The molecule has 190 valence electrons. The van der Waals surface area contributed by atoms with Gasteiger partial charge in [-0.3, -0.25) is 14.4 Å². The van der Waals surface area contributed by atoms with Crippen LogP contribution in [-0.4, -0.2) is 58.7 Å². The fourth-order valence-corrected chi connectivity index (χ4v) is 5.98. The van der Waals surface area contributed by atoms with Crippen LogP contribution in [0, 0.1) is 34.9 Å². The minimum Gasteiger partial charge on any atom is -0.356 e. The molecule has 2 aliphatic heterocycles. The summed E-state index contributed by atoms with van der Waals surface area (Å²) >= 11 is 0. The Morgan fingerprint density at radius 2 is 2.11 bits per heavy atom. The maximum absolute atomic E-state index is 14.2. The first kappa shape index (κ1) is 24.2. The lowest BCUT2D eigenvalue weighted by molar-refractivity contribution is -0.129. The second-order valence-electron chi connectivity index (χ2n) is 10.0. The van der Waals surface area contributed by atoms with Crippen molar-refractivity contribution in [3.05, 3.63) is 35.8 Å². The van der Waals surface area contributed by atoms with E-state index in [4.69, 9.17) is 0 Å². The fraction of sp³-hybridized carbons (Fsp3) is 0.520. The van der Waals surface area contributed by atoms with Gasteiger partial charge >= 0.3 is 0 Å². The lowest BCUT2D eigenvalue weighted by Crippen LogP contribution is -2.52. The average Bonchev–Trinajstić information content (AvgIpc) is 3.49. The third-order valence-corrected chi connectivity index (χ3v) is 7.64. The van der Waals surface area contributed by atoms with Crippen LogP contribution in [0.1, 0.15) is 42.6 Å². The van der Waals surface area contributed by atoms with Gasteiger partial charge in [0, 0.05) is 42.8 Å². The molecule has 0 spiro atoms. The second-order valence-corrected chi connectivity index (χ2v) is 10.0. The first-order valence-electron chi connectivity index (χ1n) is 12.1. The highest BCUT2D eigenvalue weighted by Gasteiger charge is 2.58. The number of H-pyrrole nitrogens is 1. The highest BCUT2D eigenvalue weighted by molar-refractivity contribution is 6.01. The number of halogens is 3. The van der Waals surface area contributed by atoms with Crippen molar-refractivity contribution < 1.29 is 27.6 Å². The number of amides is 3. The smallest absolute Gasteiger partial charge is 0.271 e. The Bertz CT molecular complexity index is 1260. The van der Waals surface area contributed by atoms with E-state index < -0.39 is 66.2 Å². The number of carbonyl (C=O) groups is 3. The molecule has 1 aromatic carbocycles. The third kappa shape index (κ3) is 4.40. The number of hydrogen-bond donors (Lipinski definition) is 3. The predicted octanol–water partition coefficient (Wildman–Crippen LogP) is 2.72. The van der Waals surface area contributed by atoms with Crippen LogP contribution < -0.4 is 10.6 Å². The van der Waals surface area contributed by atoms with Crippen LogP contribution in [0.4, 0.5) is 13.2 Å². The number of aromatic amines is 1. The standard InChI is InChI=1S/C25H26F3N5O3/c26-18-4-1-5-19-16(18)8-20(32-19)24(36)33-12-14-9-25(27,28)10-17(14)21(33)23(35)31-15(11-29)7-13-3-2-6-30-22(13)34/h1,4-5,8,13-15,17,21,32H,2-3,6-7,9-10,12H2,(H,30,34)(H,31,35)/t13-,14+,15-,17+,21+/m0/s1. The Kier molecular flexibility index (Phi) is 6.14. The summed E-state index contributed by atoms with van der Waals surface area (Å²) in [5.74, 6) is -6.72. The number of likely N-dealkylation sites (tertiary alicyclic amines) is 1. The molecule has 36 heavy (non-hydrogen) atoms. The zero-order valence-corrected chi connectivity index (χ0v) is 19.4. The van der Waals surface area contributed by atoms with Crippen LogP contribution in [0.15, 0.2) is 24.3 Å². The first-order chi connectivity index (χ1) is 17.2. The summed E-state index contributed by atoms with van der Waals surface area (Å²) in [5.41, 5.74) is 0.455. The molecule has 8 nitrogen and oxygen atoms in total. The van der Waals surface area contributed by atoms with Crippen molar-refractivity contribution >= 4 is 28.6 Å². The van der Waals surface area contributed by atoms with Crippen LogP contribution in [0.3, 0.4) is 0 Å². The Morgan fingerprint density at radius 3 is 2.83 bits per heavy atom. The molecule has 1 aromatic heterocycles. The number of hydrogen-bond acceptors (Lipinski definition) is 4. The summed E-state index contributed by atoms with van der Waals surface area (Å²) in [5, 5.41) is 15.2. The van der Waals surface area contributed by atoms with Gasteiger partial charge in [-0.1, -0.05) is 6.07 Å². The molecule has 1 saturated carbocycles. The number of nitrogens with zero attached hydrogens (tertiary/aromatic N) is 2. The average molecular weight is 502 g/mol. The lowest BCUT2D eigenvalue weighted by Gasteiger charge is -2.29. The molecule has 3 fully saturated rings. The van der Waals surface area contributed by atoms with Crippen molar-refractivity contribution in [1.82, 2.24) is 20.5 Å². The fourth-order valence-electron chi connectivity index (χ4n) is 5.98. The highest BCUT2D eigenvalue weighted by Crippen LogP contribution is 2.50. The van der Waals surface area contributed by atoms with Gasteiger partial charge in [0.2, 0.25) is 17.7 Å². The summed E-state index contributed by atoms with van der Waals surface area (Å²) < 4.78 is 42.6. The van der Waals surface area contributed by atoms with E-state index in [-0.39, 0.29) is 30.0 Å². The van der Waals surface area contributed by atoms with E-state index in [2.05, 4.69) is 15.6 Å². The molecule has 0 radical (unpaired) electrons. The summed E-state index contributed by atoms with van der Waals surface area (Å²) in [6.07, 6.45) is 0.471. The molecule has 3 aliphatic rings. The summed E-state index contributed by atoms with van der Waals surface area (Å²) in [4.78, 5) is 43.0. The number of carbonyl (C=O) groups excluding carboxylic acids is 3. The van der Waals surface area contributed by atoms with Gasteiger partial charge in [0.15, 0.2) is 0 Å². The van der Waals surface area contributed by atoms with Crippen molar-refractivity contribution in [2.24, 2.45) is 17.8 Å². The zero-order valence-electron chi connectivity index (χ0n) is 19.4. The molecule has 2 saturated heterocycles. The van der Waals surface area contributed by atoms with E-state index >= 15 is 0 Å². The van der Waals surface area contributed by atoms with Gasteiger partial charge < -0.3 is 20.5 Å². The number of alkyl halides is 2. The molecule has 1 aliphatic carbocycles. The molecule has 3 N–H and O–H groups in total. The zero-order chi connectivity index (χ0) is 25.6.